The third-order valence-corrected chi connectivity index (χ3v) is 4.40. The number of anilines is 1. The molecule has 6 nitrogen and oxygen atoms in total. The molecule has 0 saturated carbocycles. The molecule has 0 spiro atoms. The van der Waals surface area contributed by atoms with Gasteiger partial charge >= 0.3 is 6.09 Å². The highest BCUT2D eigenvalue weighted by Gasteiger charge is 2.19. The van der Waals surface area contributed by atoms with E-state index in [0.29, 0.717) is 11.5 Å². The first-order valence-electron chi connectivity index (χ1n) is 10.1. The second-order valence-electron chi connectivity index (χ2n) is 6.82. The molecule has 2 rings (SSSR count). The number of carbonyl (C=O) groups excluding carboxylic acids is 2. The molecule has 6 heteroatoms. The lowest BCUT2D eigenvalue weighted by molar-refractivity contribution is -0.122. The standard InChI is InChI=1S/C23H30N2O4/c1-5-10-17-14-20(29-23(27)24-4)15-18(11-6-2)21(17)25-22(26)16(3)28-19-12-8-7-9-13-19/h7-9,12-16H,5-6,10-11H2,1-4H3,(H,24,27)(H,25,26). The highest BCUT2D eigenvalue weighted by atomic mass is 16.6. The Morgan fingerprint density at radius 1 is 0.966 bits per heavy atom. The molecule has 1 atom stereocenters. The summed E-state index contributed by atoms with van der Waals surface area (Å²) in [6.07, 6.45) is 2.14. The van der Waals surface area contributed by atoms with Crippen molar-refractivity contribution in [1.29, 1.82) is 0 Å². The lowest BCUT2D eigenvalue weighted by atomic mass is 9.99. The number of rotatable bonds is 9. The summed E-state index contributed by atoms with van der Waals surface area (Å²) < 4.78 is 11.1. The molecular weight excluding hydrogens is 368 g/mol. The van der Waals surface area contributed by atoms with Crippen LogP contribution in [0.25, 0.3) is 0 Å². The molecule has 1 unspecified atom stereocenters. The zero-order chi connectivity index (χ0) is 21.2. The first-order valence-corrected chi connectivity index (χ1v) is 10.1. The molecular formula is C23H30N2O4. The number of amides is 2. The molecule has 0 heterocycles. The number of aryl methyl sites for hydroxylation is 2. The van der Waals surface area contributed by atoms with Crippen LogP contribution in [0.4, 0.5) is 10.5 Å². The van der Waals surface area contributed by atoms with E-state index in [1.54, 1.807) is 6.92 Å². The molecule has 29 heavy (non-hydrogen) atoms. The Labute approximate surface area is 172 Å². The van der Waals surface area contributed by atoms with Crippen LogP contribution in [0.2, 0.25) is 0 Å². The zero-order valence-corrected chi connectivity index (χ0v) is 17.6. The number of benzene rings is 2. The van der Waals surface area contributed by atoms with Gasteiger partial charge in [-0.1, -0.05) is 44.9 Å². The maximum atomic E-state index is 12.8. The summed E-state index contributed by atoms with van der Waals surface area (Å²) in [7, 11) is 1.52. The maximum Gasteiger partial charge on any atom is 0.412 e. The fraction of sp³-hybridized carbons (Fsp3) is 0.391. The van der Waals surface area contributed by atoms with Gasteiger partial charge in [0.25, 0.3) is 5.91 Å². The third kappa shape index (κ3) is 6.52. The Kier molecular flexibility index (Phi) is 8.52. The molecule has 0 saturated heterocycles. The molecule has 156 valence electrons. The van der Waals surface area contributed by atoms with Crippen LogP contribution in [0.15, 0.2) is 42.5 Å². The summed E-state index contributed by atoms with van der Waals surface area (Å²) in [5.41, 5.74) is 2.67. The molecule has 2 N–H and O–H groups in total. The molecule has 0 radical (unpaired) electrons. The summed E-state index contributed by atoms with van der Waals surface area (Å²) in [6, 6.07) is 12.9. The summed E-state index contributed by atoms with van der Waals surface area (Å²) in [5.74, 6) is 0.901. The van der Waals surface area contributed by atoms with Gasteiger partial charge in [-0.3, -0.25) is 4.79 Å². The van der Waals surface area contributed by atoms with Gasteiger partial charge in [0.15, 0.2) is 6.10 Å². The number of ether oxygens (including phenoxy) is 2. The monoisotopic (exact) mass is 398 g/mol. The number of nitrogens with one attached hydrogen (secondary N) is 2. The highest BCUT2D eigenvalue weighted by Crippen LogP contribution is 2.30. The molecule has 0 aliphatic heterocycles. The zero-order valence-electron chi connectivity index (χ0n) is 17.6. The molecule has 2 amide bonds. The third-order valence-electron chi connectivity index (χ3n) is 4.40. The van der Waals surface area contributed by atoms with E-state index in [1.165, 1.54) is 7.05 Å². The quantitative estimate of drug-likeness (QED) is 0.641. The number of hydrogen-bond donors (Lipinski definition) is 2. The molecule has 2 aromatic carbocycles. The van der Waals surface area contributed by atoms with E-state index in [-0.39, 0.29) is 5.91 Å². The fourth-order valence-corrected chi connectivity index (χ4v) is 3.03. The number of para-hydroxylation sites is 1. The van der Waals surface area contributed by atoms with E-state index in [1.807, 2.05) is 42.5 Å². The Hall–Kier alpha value is -3.02. The highest BCUT2D eigenvalue weighted by molar-refractivity contribution is 5.95. The minimum absolute atomic E-state index is 0.219. The van der Waals surface area contributed by atoms with E-state index in [0.717, 1.165) is 42.5 Å². The van der Waals surface area contributed by atoms with Crippen molar-refractivity contribution >= 4 is 17.7 Å². The molecule has 0 fully saturated rings. The number of carbonyl (C=O) groups is 2. The lowest BCUT2D eigenvalue weighted by Gasteiger charge is -2.20. The largest absolute Gasteiger partial charge is 0.481 e. The average molecular weight is 399 g/mol. The molecule has 0 aromatic heterocycles. The minimum Gasteiger partial charge on any atom is -0.481 e. The van der Waals surface area contributed by atoms with Crippen LogP contribution in [0.1, 0.15) is 44.7 Å². The van der Waals surface area contributed by atoms with E-state index < -0.39 is 12.2 Å². The van der Waals surface area contributed by atoms with Crippen molar-refractivity contribution in [2.24, 2.45) is 0 Å². The van der Waals surface area contributed by atoms with Crippen molar-refractivity contribution < 1.29 is 19.1 Å². The van der Waals surface area contributed by atoms with Gasteiger partial charge in [0.2, 0.25) is 0 Å². The van der Waals surface area contributed by atoms with Gasteiger partial charge < -0.3 is 20.1 Å². The molecule has 0 bridgehead atoms. The Morgan fingerprint density at radius 2 is 1.55 bits per heavy atom. The van der Waals surface area contributed by atoms with Crippen molar-refractivity contribution in [1.82, 2.24) is 5.32 Å². The van der Waals surface area contributed by atoms with Crippen LogP contribution in [-0.4, -0.2) is 25.2 Å². The lowest BCUT2D eigenvalue weighted by Crippen LogP contribution is -2.31. The van der Waals surface area contributed by atoms with Crippen LogP contribution < -0.4 is 20.1 Å². The van der Waals surface area contributed by atoms with E-state index >= 15 is 0 Å². The molecule has 0 aliphatic carbocycles. The molecule has 0 aliphatic rings. The topological polar surface area (TPSA) is 76.7 Å². The van der Waals surface area contributed by atoms with Crippen LogP contribution in [0.5, 0.6) is 11.5 Å². The van der Waals surface area contributed by atoms with Gasteiger partial charge in [0.05, 0.1) is 0 Å². The maximum absolute atomic E-state index is 12.8. The summed E-state index contributed by atoms with van der Waals surface area (Å²) >= 11 is 0. The second-order valence-corrected chi connectivity index (χ2v) is 6.82. The predicted octanol–water partition coefficient (Wildman–Crippen LogP) is 4.72. The van der Waals surface area contributed by atoms with E-state index in [4.69, 9.17) is 9.47 Å². The van der Waals surface area contributed by atoms with Gasteiger partial charge in [-0.15, -0.1) is 0 Å². The van der Waals surface area contributed by atoms with E-state index in [9.17, 15) is 9.59 Å². The van der Waals surface area contributed by atoms with Gasteiger partial charge in [-0.05, 0) is 55.2 Å². The van der Waals surface area contributed by atoms with Gasteiger partial charge in [0, 0.05) is 12.7 Å². The number of hydrogen-bond acceptors (Lipinski definition) is 4. The van der Waals surface area contributed by atoms with Crippen LogP contribution >= 0.6 is 0 Å². The molecule has 2 aromatic rings. The SMILES string of the molecule is CCCc1cc(OC(=O)NC)cc(CCC)c1NC(=O)C(C)Oc1ccccc1. The average Bonchev–Trinajstić information content (AvgIpc) is 2.71. The van der Waals surface area contributed by atoms with Gasteiger partial charge in [-0.25, -0.2) is 4.79 Å². The normalized spacial score (nSPS) is 11.4. The second kappa shape index (κ2) is 11.1. The van der Waals surface area contributed by atoms with E-state index in [2.05, 4.69) is 24.5 Å². The first kappa shape index (κ1) is 22.3. The van der Waals surface area contributed by atoms with Crippen molar-refractivity contribution in [2.75, 3.05) is 12.4 Å². The smallest absolute Gasteiger partial charge is 0.412 e. The summed E-state index contributed by atoms with van der Waals surface area (Å²) in [4.78, 5) is 24.4. The Morgan fingerprint density at radius 3 is 2.07 bits per heavy atom. The van der Waals surface area contributed by atoms with Crippen molar-refractivity contribution in [2.45, 2.75) is 52.6 Å². The predicted molar refractivity (Wildman–Crippen MR) is 115 cm³/mol. The van der Waals surface area contributed by atoms with Crippen LogP contribution in [-0.2, 0) is 17.6 Å². The van der Waals surface area contributed by atoms with Crippen LogP contribution in [0, 0.1) is 0 Å². The Balaban J connectivity index is 2.28. The van der Waals surface area contributed by atoms with Crippen LogP contribution in [0.3, 0.4) is 0 Å². The van der Waals surface area contributed by atoms with Crippen molar-refractivity contribution in [3.05, 3.63) is 53.6 Å². The van der Waals surface area contributed by atoms with Gasteiger partial charge in [0.1, 0.15) is 11.5 Å². The van der Waals surface area contributed by atoms with Gasteiger partial charge in [-0.2, -0.15) is 0 Å². The minimum atomic E-state index is -0.650. The Bertz CT molecular complexity index is 794. The van der Waals surface area contributed by atoms with Crippen molar-refractivity contribution in [3.63, 3.8) is 0 Å². The van der Waals surface area contributed by atoms with Crippen molar-refractivity contribution in [3.8, 4) is 11.5 Å². The fourth-order valence-electron chi connectivity index (χ4n) is 3.03. The summed E-state index contributed by atoms with van der Waals surface area (Å²) in [6.45, 7) is 5.86. The first-order chi connectivity index (χ1) is 14.0. The summed E-state index contributed by atoms with van der Waals surface area (Å²) in [5, 5.41) is 5.50.